The lowest BCUT2D eigenvalue weighted by Crippen LogP contribution is -2.26. The van der Waals surface area contributed by atoms with Crippen LogP contribution in [0, 0.1) is 0 Å². The Labute approximate surface area is 222 Å². The Bertz CT molecular complexity index is 1400. The van der Waals surface area contributed by atoms with Crippen molar-refractivity contribution in [1.82, 2.24) is 15.1 Å². The number of nitrogens with zero attached hydrogens (tertiary/aromatic N) is 2. The maximum absolute atomic E-state index is 10.7. The van der Waals surface area contributed by atoms with Crippen molar-refractivity contribution in [1.29, 1.82) is 0 Å². The van der Waals surface area contributed by atoms with Crippen LogP contribution in [0.3, 0.4) is 0 Å². The van der Waals surface area contributed by atoms with E-state index < -0.39 is 6.09 Å². The third-order valence-electron chi connectivity index (χ3n) is 6.88. The molecular weight excluding hydrogens is 478 g/mol. The Morgan fingerprint density at radius 3 is 2.55 bits per heavy atom. The summed E-state index contributed by atoms with van der Waals surface area (Å²) in [7, 11) is 0. The zero-order chi connectivity index (χ0) is 26.3. The van der Waals surface area contributed by atoms with Gasteiger partial charge in [-0.25, -0.2) is 9.48 Å². The van der Waals surface area contributed by atoms with Crippen molar-refractivity contribution in [2.24, 2.45) is 0 Å². The molecule has 1 amide bonds. The summed E-state index contributed by atoms with van der Waals surface area (Å²) in [6.45, 7) is 3.47. The number of fused-ring (bicyclic) bond motifs is 1. The Balaban J connectivity index is 1.52. The lowest BCUT2D eigenvalue weighted by molar-refractivity contribution is -0.0366. The number of ether oxygens (including phenoxy) is 2. The summed E-state index contributed by atoms with van der Waals surface area (Å²) >= 11 is 0. The fourth-order valence-corrected chi connectivity index (χ4v) is 5.08. The van der Waals surface area contributed by atoms with E-state index in [9.17, 15) is 4.79 Å². The highest BCUT2D eigenvalue weighted by atomic mass is 16.5. The van der Waals surface area contributed by atoms with Crippen LogP contribution in [0.15, 0.2) is 79.0 Å². The van der Waals surface area contributed by atoms with Gasteiger partial charge in [0.05, 0.1) is 18.3 Å². The molecule has 0 saturated carbocycles. The van der Waals surface area contributed by atoms with Gasteiger partial charge < -0.3 is 19.9 Å². The quantitative estimate of drug-likeness (QED) is 0.192. The van der Waals surface area contributed by atoms with Gasteiger partial charge >= 0.3 is 6.09 Å². The standard InChI is InChI=1S/C31H33N3O4/c1-2-27(22-8-4-3-5-9-22)30(23-11-14-26(15-12-23)37-19-17-32-31(35)36)24-13-16-28-25(20-24)21-33-34(28)29-10-6-7-18-38-29/h3-5,8-9,11-16,20-21,29,32H,2,6-7,10,17-19H2,1H3,(H,35,36)/b30-27+. The first-order chi connectivity index (χ1) is 18.6. The van der Waals surface area contributed by atoms with Gasteiger partial charge in [-0.2, -0.15) is 5.10 Å². The zero-order valence-corrected chi connectivity index (χ0v) is 21.6. The monoisotopic (exact) mass is 511 g/mol. The summed E-state index contributed by atoms with van der Waals surface area (Å²) in [5.74, 6) is 0.697. The van der Waals surface area contributed by atoms with Crippen LogP contribution in [-0.2, 0) is 4.74 Å². The van der Waals surface area contributed by atoms with Gasteiger partial charge in [0.1, 0.15) is 12.4 Å². The van der Waals surface area contributed by atoms with Crippen LogP contribution in [0.5, 0.6) is 5.75 Å². The fraction of sp³-hybridized carbons (Fsp3) is 0.290. The number of rotatable bonds is 9. The van der Waals surface area contributed by atoms with E-state index in [-0.39, 0.29) is 19.4 Å². The first-order valence-corrected chi connectivity index (χ1v) is 13.2. The second-order valence-corrected chi connectivity index (χ2v) is 9.36. The molecule has 1 saturated heterocycles. The minimum Gasteiger partial charge on any atom is -0.492 e. The molecule has 0 spiro atoms. The minimum atomic E-state index is -1.06. The van der Waals surface area contributed by atoms with Gasteiger partial charge in [-0.15, -0.1) is 0 Å². The van der Waals surface area contributed by atoms with Crippen LogP contribution in [-0.4, -0.2) is 40.7 Å². The van der Waals surface area contributed by atoms with Crippen LogP contribution in [0.25, 0.3) is 22.0 Å². The van der Waals surface area contributed by atoms with Crippen molar-refractivity contribution in [2.45, 2.75) is 38.8 Å². The highest BCUT2D eigenvalue weighted by molar-refractivity contribution is 6.00. The molecule has 7 nitrogen and oxygen atoms in total. The number of carboxylic acid groups (broad SMARTS) is 1. The van der Waals surface area contributed by atoms with Crippen LogP contribution in [0.1, 0.15) is 55.5 Å². The van der Waals surface area contributed by atoms with Crippen molar-refractivity contribution in [3.8, 4) is 5.75 Å². The Hall–Kier alpha value is -4.10. The normalized spacial score (nSPS) is 16.2. The summed E-state index contributed by atoms with van der Waals surface area (Å²) in [4.78, 5) is 10.7. The van der Waals surface area contributed by atoms with E-state index >= 15 is 0 Å². The summed E-state index contributed by atoms with van der Waals surface area (Å²) < 4.78 is 13.7. The van der Waals surface area contributed by atoms with E-state index in [4.69, 9.17) is 19.7 Å². The van der Waals surface area contributed by atoms with Gasteiger partial charge in [-0.3, -0.25) is 0 Å². The third kappa shape index (κ3) is 5.73. The van der Waals surface area contributed by atoms with Gasteiger partial charge in [0.25, 0.3) is 0 Å². The Morgan fingerprint density at radius 1 is 1.05 bits per heavy atom. The molecule has 4 aromatic rings. The van der Waals surface area contributed by atoms with E-state index in [2.05, 4.69) is 66.8 Å². The fourth-order valence-electron chi connectivity index (χ4n) is 5.08. The van der Waals surface area contributed by atoms with Crippen molar-refractivity contribution < 1.29 is 19.4 Å². The molecule has 0 radical (unpaired) electrons. The molecule has 196 valence electrons. The number of hydrogen-bond acceptors (Lipinski definition) is 4. The summed E-state index contributed by atoms with van der Waals surface area (Å²) in [5.41, 5.74) is 6.91. The lowest BCUT2D eigenvalue weighted by Gasteiger charge is -2.23. The molecule has 38 heavy (non-hydrogen) atoms. The first-order valence-electron chi connectivity index (χ1n) is 13.2. The molecule has 2 N–H and O–H groups in total. The molecule has 1 atom stereocenters. The summed E-state index contributed by atoms with van der Waals surface area (Å²) in [6, 6.07) is 25.1. The number of carbonyl (C=O) groups is 1. The van der Waals surface area contributed by atoms with Crippen molar-refractivity contribution >= 4 is 28.1 Å². The van der Waals surface area contributed by atoms with Crippen molar-refractivity contribution in [2.75, 3.05) is 19.8 Å². The van der Waals surface area contributed by atoms with Gasteiger partial charge in [0.15, 0.2) is 6.23 Å². The van der Waals surface area contributed by atoms with Crippen molar-refractivity contribution in [3.63, 3.8) is 0 Å². The predicted molar refractivity (Wildman–Crippen MR) is 149 cm³/mol. The number of amides is 1. The van der Waals surface area contributed by atoms with Crippen molar-refractivity contribution in [3.05, 3.63) is 95.7 Å². The van der Waals surface area contributed by atoms with Crippen LogP contribution >= 0.6 is 0 Å². The zero-order valence-electron chi connectivity index (χ0n) is 21.6. The average Bonchev–Trinajstić information content (AvgIpc) is 3.39. The molecule has 7 heteroatoms. The summed E-state index contributed by atoms with van der Waals surface area (Å²) in [5, 5.41) is 16.8. The van der Waals surface area contributed by atoms with Crippen LogP contribution in [0.2, 0.25) is 0 Å². The third-order valence-corrected chi connectivity index (χ3v) is 6.88. The number of nitrogens with one attached hydrogen (secondary N) is 1. The predicted octanol–water partition coefficient (Wildman–Crippen LogP) is 6.75. The topological polar surface area (TPSA) is 85.6 Å². The lowest BCUT2D eigenvalue weighted by atomic mass is 9.88. The van der Waals surface area contributed by atoms with E-state index in [1.165, 1.54) is 16.7 Å². The highest BCUT2D eigenvalue weighted by Gasteiger charge is 2.20. The van der Waals surface area contributed by atoms with Gasteiger partial charge in [0, 0.05) is 12.0 Å². The summed E-state index contributed by atoms with van der Waals surface area (Å²) in [6.07, 6.45) is 4.99. The minimum absolute atomic E-state index is 0.00382. The number of hydrogen-bond donors (Lipinski definition) is 2. The Kier molecular flexibility index (Phi) is 8.04. The molecule has 1 fully saturated rings. The Morgan fingerprint density at radius 2 is 1.84 bits per heavy atom. The highest BCUT2D eigenvalue weighted by Crippen LogP contribution is 2.37. The largest absolute Gasteiger partial charge is 0.492 e. The SMILES string of the molecule is CC/C(=C(/c1ccc(OCCNC(=O)O)cc1)c1ccc2c(cnn2C2CCCCO2)c1)c1ccccc1. The molecule has 1 aliphatic rings. The first kappa shape index (κ1) is 25.5. The van der Waals surface area contributed by atoms with E-state index in [1.807, 2.05) is 29.1 Å². The van der Waals surface area contributed by atoms with E-state index in [0.29, 0.717) is 5.75 Å². The van der Waals surface area contributed by atoms with Gasteiger partial charge in [-0.05, 0) is 77.8 Å². The number of aromatic nitrogens is 2. The molecule has 5 rings (SSSR count). The molecule has 0 aliphatic carbocycles. The van der Waals surface area contributed by atoms with E-state index in [1.54, 1.807) is 0 Å². The molecule has 0 bridgehead atoms. The second-order valence-electron chi connectivity index (χ2n) is 9.36. The maximum Gasteiger partial charge on any atom is 0.404 e. The maximum atomic E-state index is 10.7. The molecule has 2 heterocycles. The smallest absolute Gasteiger partial charge is 0.404 e. The van der Waals surface area contributed by atoms with Gasteiger partial charge in [-0.1, -0.05) is 55.5 Å². The average molecular weight is 512 g/mol. The van der Waals surface area contributed by atoms with Gasteiger partial charge in [0.2, 0.25) is 0 Å². The number of allylic oxidation sites excluding steroid dienone is 1. The molecule has 1 aliphatic heterocycles. The van der Waals surface area contributed by atoms with Crippen LogP contribution in [0.4, 0.5) is 4.79 Å². The molecule has 3 aromatic carbocycles. The second kappa shape index (κ2) is 12.0. The molecule has 1 unspecified atom stereocenters. The van der Waals surface area contributed by atoms with E-state index in [0.717, 1.165) is 54.3 Å². The van der Waals surface area contributed by atoms with Crippen LogP contribution < -0.4 is 10.1 Å². The number of benzene rings is 3. The molecular formula is C31H33N3O4. The molecule has 1 aromatic heterocycles.